The first-order valence-electron chi connectivity index (χ1n) is 8.32. The molecule has 4 atom stereocenters. The molecule has 9 nitrogen and oxygen atoms in total. The number of hydrogen-bond donors (Lipinski definition) is 5. The smallest absolute Gasteiger partial charge is 0.338 e. The van der Waals surface area contributed by atoms with E-state index in [2.05, 4.69) is 0 Å². The molecule has 0 aromatic heterocycles. The van der Waals surface area contributed by atoms with Crippen LogP contribution in [0.25, 0.3) is 6.08 Å². The van der Waals surface area contributed by atoms with E-state index in [1.165, 1.54) is 24.3 Å². The van der Waals surface area contributed by atoms with Gasteiger partial charge in [0, 0.05) is 18.9 Å². The predicted octanol–water partition coefficient (Wildman–Crippen LogP) is -0.167. The molecular formula is C18H22O9. The Bertz CT molecular complexity index is 730. The lowest BCUT2D eigenvalue weighted by atomic mass is 9.79. The van der Waals surface area contributed by atoms with Crippen LogP contribution in [0.5, 0.6) is 11.5 Å². The summed E-state index contributed by atoms with van der Waals surface area (Å²) < 4.78 is 9.83. The van der Waals surface area contributed by atoms with E-state index < -0.39 is 48.7 Å². The van der Waals surface area contributed by atoms with Crippen LogP contribution >= 0.6 is 0 Å². The van der Waals surface area contributed by atoms with E-state index in [1.54, 1.807) is 6.92 Å². The lowest BCUT2D eigenvalue weighted by Gasteiger charge is -2.39. The van der Waals surface area contributed by atoms with Gasteiger partial charge in [-0.25, -0.2) is 9.59 Å². The van der Waals surface area contributed by atoms with Crippen molar-refractivity contribution in [3.63, 3.8) is 0 Å². The van der Waals surface area contributed by atoms with Crippen LogP contribution in [0.2, 0.25) is 0 Å². The number of hydrogen-bond acceptors (Lipinski definition) is 9. The quantitative estimate of drug-likeness (QED) is 0.265. The molecule has 1 aromatic carbocycles. The van der Waals surface area contributed by atoms with Gasteiger partial charge in [-0.15, -0.1) is 0 Å². The summed E-state index contributed by atoms with van der Waals surface area (Å²) in [7, 11) is 0. The van der Waals surface area contributed by atoms with Gasteiger partial charge in [-0.2, -0.15) is 0 Å². The Balaban J connectivity index is 2.06. The molecule has 0 saturated heterocycles. The van der Waals surface area contributed by atoms with Gasteiger partial charge in [-0.05, 0) is 30.7 Å². The van der Waals surface area contributed by atoms with Crippen molar-refractivity contribution in [1.29, 1.82) is 0 Å². The van der Waals surface area contributed by atoms with E-state index in [4.69, 9.17) is 9.47 Å². The minimum absolute atomic E-state index is 0.0203. The van der Waals surface area contributed by atoms with Crippen LogP contribution in [0.3, 0.4) is 0 Å². The summed E-state index contributed by atoms with van der Waals surface area (Å²) in [6.07, 6.45) is -2.85. The second-order valence-corrected chi connectivity index (χ2v) is 6.28. The molecule has 1 aromatic rings. The van der Waals surface area contributed by atoms with Gasteiger partial charge in [0.15, 0.2) is 17.1 Å². The minimum Gasteiger partial charge on any atom is -0.504 e. The number of rotatable bonds is 5. The summed E-state index contributed by atoms with van der Waals surface area (Å²) >= 11 is 0. The molecule has 0 bridgehead atoms. The number of benzene rings is 1. The van der Waals surface area contributed by atoms with Crippen molar-refractivity contribution in [2.75, 3.05) is 6.61 Å². The maximum absolute atomic E-state index is 12.0. The first-order chi connectivity index (χ1) is 12.7. The van der Waals surface area contributed by atoms with Gasteiger partial charge in [0.25, 0.3) is 0 Å². The number of aliphatic hydroxyl groups excluding tert-OH is 2. The molecule has 2 rings (SSSR count). The number of carbonyl (C=O) groups is 2. The highest BCUT2D eigenvalue weighted by atomic mass is 16.6. The average molecular weight is 382 g/mol. The van der Waals surface area contributed by atoms with E-state index in [1.807, 2.05) is 0 Å². The number of aromatic hydroxyl groups is 2. The molecule has 1 saturated carbocycles. The molecule has 0 unspecified atom stereocenters. The van der Waals surface area contributed by atoms with Gasteiger partial charge >= 0.3 is 11.9 Å². The second kappa shape index (κ2) is 8.38. The number of carbonyl (C=O) groups excluding carboxylic acids is 2. The second-order valence-electron chi connectivity index (χ2n) is 6.28. The predicted molar refractivity (Wildman–Crippen MR) is 91.5 cm³/mol. The average Bonchev–Trinajstić information content (AvgIpc) is 2.60. The van der Waals surface area contributed by atoms with E-state index in [9.17, 15) is 35.1 Å². The topological polar surface area (TPSA) is 154 Å². The van der Waals surface area contributed by atoms with Crippen molar-refractivity contribution >= 4 is 18.0 Å². The Morgan fingerprint density at radius 2 is 1.93 bits per heavy atom. The highest BCUT2D eigenvalue weighted by Crippen LogP contribution is 2.32. The molecule has 27 heavy (non-hydrogen) atoms. The van der Waals surface area contributed by atoms with Gasteiger partial charge in [0.2, 0.25) is 0 Å². The third kappa shape index (κ3) is 4.97. The van der Waals surface area contributed by atoms with Gasteiger partial charge in [0.1, 0.15) is 12.2 Å². The molecule has 148 valence electrons. The molecule has 9 heteroatoms. The van der Waals surface area contributed by atoms with Crippen molar-refractivity contribution in [3.05, 3.63) is 29.8 Å². The maximum atomic E-state index is 12.0. The molecule has 0 aliphatic heterocycles. The Morgan fingerprint density at radius 3 is 2.56 bits per heavy atom. The first kappa shape index (κ1) is 20.7. The van der Waals surface area contributed by atoms with Crippen LogP contribution in [0.1, 0.15) is 25.3 Å². The lowest BCUT2D eigenvalue weighted by Crippen LogP contribution is -2.57. The molecule has 1 aliphatic rings. The first-order valence-corrected chi connectivity index (χ1v) is 8.32. The van der Waals surface area contributed by atoms with Gasteiger partial charge in [-0.1, -0.05) is 6.07 Å². The van der Waals surface area contributed by atoms with E-state index in [0.29, 0.717) is 5.56 Å². The zero-order chi connectivity index (χ0) is 20.2. The fraction of sp³-hybridized carbons (Fsp3) is 0.444. The summed E-state index contributed by atoms with van der Waals surface area (Å²) in [5.74, 6) is -2.54. The van der Waals surface area contributed by atoms with E-state index in [-0.39, 0.29) is 18.1 Å². The monoisotopic (exact) mass is 382 g/mol. The fourth-order valence-corrected chi connectivity index (χ4v) is 2.79. The molecule has 1 fully saturated rings. The zero-order valence-corrected chi connectivity index (χ0v) is 14.6. The third-order valence-electron chi connectivity index (χ3n) is 4.20. The Kier molecular flexibility index (Phi) is 6.42. The number of phenolic OH excluding ortho intramolecular Hbond substituents is 2. The van der Waals surface area contributed by atoms with Crippen LogP contribution in [0.15, 0.2) is 24.3 Å². The maximum Gasteiger partial charge on any atom is 0.338 e. The summed E-state index contributed by atoms with van der Waals surface area (Å²) in [5, 5.41) is 49.0. The summed E-state index contributed by atoms with van der Waals surface area (Å²) in [6.45, 7) is 1.57. The number of esters is 2. The fourth-order valence-electron chi connectivity index (χ4n) is 2.79. The molecule has 0 spiro atoms. The molecule has 0 heterocycles. The molecule has 5 N–H and O–H groups in total. The van der Waals surface area contributed by atoms with Crippen LogP contribution in [0, 0.1) is 0 Å². The minimum atomic E-state index is -2.08. The van der Waals surface area contributed by atoms with E-state index >= 15 is 0 Å². The summed E-state index contributed by atoms with van der Waals surface area (Å²) in [6, 6.07) is 3.90. The molecule has 0 radical (unpaired) electrons. The normalized spacial score (nSPS) is 28.1. The highest BCUT2D eigenvalue weighted by molar-refractivity contribution is 5.87. The van der Waals surface area contributed by atoms with Crippen LogP contribution in [-0.2, 0) is 19.1 Å². The van der Waals surface area contributed by atoms with Crippen molar-refractivity contribution in [2.24, 2.45) is 0 Å². The Morgan fingerprint density at radius 1 is 1.22 bits per heavy atom. The lowest BCUT2D eigenvalue weighted by molar-refractivity contribution is -0.199. The standard InChI is InChI=1S/C18H22O9/c1-2-26-17(24)18(25)8-13(21)16(23)14(9-18)27-15(22)6-4-10-3-5-11(19)12(20)7-10/h3-7,13-14,16,19-21,23,25H,2,8-9H2,1H3/b6-4+/t13-,14-,16+,18-/m1/s1. The SMILES string of the molecule is CCOC(=O)[C@@]1(O)C[C@@H](O)[C@H](O)[C@H](OC(=O)/C=C/c2ccc(O)c(O)c2)C1. The Hall–Kier alpha value is -2.62. The largest absolute Gasteiger partial charge is 0.504 e. The number of phenols is 2. The molecule has 0 amide bonds. The van der Waals surface area contributed by atoms with Crippen LogP contribution < -0.4 is 0 Å². The van der Waals surface area contributed by atoms with Gasteiger partial charge in [0.05, 0.1) is 12.7 Å². The van der Waals surface area contributed by atoms with Crippen molar-refractivity contribution in [2.45, 2.75) is 43.7 Å². The van der Waals surface area contributed by atoms with Gasteiger partial charge in [-0.3, -0.25) is 0 Å². The van der Waals surface area contributed by atoms with Crippen molar-refractivity contribution in [3.8, 4) is 11.5 Å². The summed E-state index contributed by atoms with van der Waals surface area (Å²) in [4.78, 5) is 23.9. The van der Waals surface area contributed by atoms with Crippen LogP contribution in [0.4, 0.5) is 0 Å². The van der Waals surface area contributed by atoms with Crippen molar-refractivity contribution in [1.82, 2.24) is 0 Å². The molecular weight excluding hydrogens is 360 g/mol. The third-order valence-corrected chi connectivity index (χ3v) is 4.20. The van der Waals surface area contributed by atoms with Crippen molar-refractivity contribution < 1.29 is 44.6 Å². The number of aliphatic hydroxyl groups is 3. The zero-order valence-electron chi connectivity index (χ0n) is 14.6. The molecule has 1 aliphatic carbocycles. The van der Waals surface area contributed by atoms with E-state index in [0.717, 1.165) is 6.08 Å². The highest BCUT2D eigenvalue weighted by Gasteiger charge is 2.51. The van der Waals surface area contributed by atoms with Gasteiger partial charge < -0.3 is 35.0 Å². The number of ether oxygens (including phenoxy) is 2. The summed E-state index contributed by atoms with van der Waals surface area (Å²) in [5.41, 5.74) is -1.68. The Labute approximate surface area is 155 Å². The van der Waals surface area contributed by atoms with Crippen LogP contribution in [-0.4, -0.2) is 68.0 Å².